The third-order valence-electron chi connectivity index (χ3n) is 3.95. The number of nitrogens with one attached hydrogen (secondary N) is 1. The number of para-hydroxylation sites is 1. The largest absolute Gasteiger partial charge is 0.457 e. The van der Waals surface area contributed by atoms with Crippen LogP contribution in [0.2, 0.25) is 0 Å². The fourth-order valence-corrected chi connectivity index (χ4v) is 2.86. The third kappa shape index (κ3) is 4.22. The molecule has 0 aliphatic carbocycles. The minimum absolute atomic E-state index is 0.543. The van der Waals surface area contributed by atoms with E-state index in [0.717, 1.165) is 28.3 Å². The zero-order chi connectivity index (χ0) is 18.5. The zero-order valence-corrected chi connectivity index (χ0v) is 15.3. The summed E-state index contributed by atoms with van der Waals surface area (Å²) in [5.74, 6) is 1.56. The Labute approximate surface area is 162 Å². The summed E-state index contributed by atoms with van der Waals surface area (Å²) < 4.78 is 8.06. The van der Waals surface area contributed by atoms with Crippen LogP contribution in [0.25, 0.3) is 11.3 Å². The van der Waals surface area contributed by atoms with E-state index in [9.17, 15) is 0 Å². The second-order valence-corrected chi connectivity index (χ2v) is 6.30. The van der Waals surface area contributed by atoms with Gasteiger partial charge in [0.2, 0.25) is 0 Å². The Morgan fingerprint density at radius 2 is 1.56 bits per heavy atom. The van der Waals surface area contributed by atoms with E-state index in [2.05, 4.69) is 10.1 Å². The summed E-state index contributed by atoms with van der Waals surface area (Å²) in [5.41, 5.74) is 2.92. The molecule has 0 bridgehead atoms. The van der Waals surface area contributed by atoms with Gasteiger partial charge in [0.15, 0.2) is 4.77 Å². The van der Waals surface area contributed by atoms with Gasteiger partial charge in [-0.25, -0.2) is 4.68 Å². The van der Waals surface area contributed by atoms with Gasteiger partial charge in [-0.3, -0.25) is 0 Å². The number of hydrogen-bond donors (Lipinski definition) is 1. The number of aromatic nitrogens is 2. The second kappa shape index (κ2) is 7.85. The number of aromatic amines is 1. The van der Waals surface area contributed by atoms with E-state index in [1.54, 1.807) is 10.9 Å². The summed E-state index contributed by atoms with van der Waals surface area (Å²) in [6.45, 7) is 0. The maximum atomic E-state index is 5.86. The van der Waals surface area contributed by atoms with Gasteiger partial charge in [0.05, 0.1) is 18.1 Å². The van der Waals surface area contributed by atoms with Crippen molar-refractivity contribution < 1.29 is 4.74 Å². The van der Waals surface area contributed by atoms with Gasteiger partial charge in [-0.2, -0.15) is 5.10 Å². The average molecular weight is 371 g/mol. The molecule has 132 valence electrons. The Morgan fingerprint density at radius 1 is 0.852 bits per heavy atom. The molecule has 4 aromatic rings. The lowest BCUT2D eigenvalue weighted by Gasteiger charge is -2.05. The Hall–Kier alpha value is -3.44. The Balaban J connectivity index is 1.54. The van der Waals surface area contributed by atoms with Crippen LogP contribution < -0.4 is 4.74 Å². The topological polar surface area (TPSA) is 42.3 Å². The summed E-state index contributed by atoms with van der Waals surface area (Å²) >= 11 is 5.37. The summed E-state index contributed by atoms with van der Waals surface area (Å²) in [4.78, 5) is 3.18. The van der Waals surface area contributed by atoms with E-state index in [-0.39, 0.29) is 0 Å². The van der Waals surface area contributed by atoms with Gasteiger partial charge in [-0.1, -0.05) is 60.7 Å². The predicted molar refractivity (Wildman–Crippen MR) is 111 cm³/mol. The SMILES string of the molecule is S=c1[nH]c(-c2ccccc2)cn1/N=C\c1cccc(Oc2ccccc2)c1. The van der Waals surface area contributed by atoms with Crippen LogP contribution in [0.5, 0.6) is 11.5 Å². The Kier molecular flexibility index (Phi) is 4.94. The highest BCUT2D eigenvalue weighted by atomic mass is 32.1. The number of ether oxygens (including phenoxy) is 1. The molecule has 4 nitrogen and oxygen atoms in total. The van der Waals surface area contributed by atoms with Crippen LogP contribution in [0.15, 0.2) is 96.2 Å². The molecule has 1 heterocycles. The molecule has 0 unspecified atom stereocenters. The molecule has 1 aromatic heterocycles. The van der Waals surface area contributed by atoms with Crippen molar-refractivity contribution in [3.63, 3.8) is 0 Å². The number of nitrogens with zero attached hydrogens (tertiary/aromatic N) is 2. The molecular weight excluding hydrogens is 354 g/mol. The standard InChI is InChI=1S/C22H17N3OS/c27-22-24-21(18-9-3-1-4-10-18)16-25(22)23-15-17-8-7-13-20(14-17)26-19-11-5-2-6-12-19/h1-16H,(H,24,27)/b23-15-. The second-order valence-electron chi connectivity index (χ2n) is 5.92. The summed E-state index contributed by atoms with van der Waals surface area (Å²) in [6, 6.07) is 27.5. The first kappa shape index (κ1) is 17.0. The molecule has 0 amide bonds. The molecule has 0 radical (unpaired) electrons. The summed E-state index contributed by atoms with van der Waals surface area (Å²) in [6.07, 6.45) is 3.65. The highest BCUT2D eigenvalue weighted by Gasteiger charge is 2.02. The lowest BCUT2D eigenvalue weighted by molar-refractivity contribution is 0.482. The number of benzene rings is 3. The monoisotopic (exact) mass is 371 g/mol. The summed E-state index contributed by atoms with van der Waals surface area (Å²) in [5, 5.41) is 4.47. The molecule has 4 rings (SSSR count). The van der Waals surface area contributed by atoms with E-state index in [1.165, 1.54) is 0 Å². The van der Waals surface area contributed by atoms with Gasteiger partial charge in [-0.15, -0.1) is 0 Å². The van der Waals surface area contributed by atoms with Crippen LogP contribution in [-0.2, 0) is 0 Å². The van der Waals surface area contributed by atoms with Gasteiger partial charge < -0.3 is 9.72 Å². The number of imidazole rings is 1. The number of H-pyrrole nitrogens is 1. The normalized spacial score (nSPS) is 11.0. The van der Waals surface area contributed by atoms with Crippen molar-refractivity contribution in [3.05, 3.63) is 101 Å². The van der Waals surface area contributed by atoms with E-state index in [1.807, 2.05) is 91.1 Å². The fourth-order valence-electron chi connectivity index (χ4n) is 2.65. The van der Waals surface area contributed by atoms with Crippen LogP contribution >= 0.6 is 12.2 Å². The molecule has 5 heteroatoms. The number of hydrogen-bond acceptors (Lipinski definition) is 3. The molecule has 3 aromatic carbocycles. The van der Waals surface area contributed by atoms with Crippen LogP contribution in [0.1, 0.15) is 5.56 Å². The van der Waals surface area contributed by atoms with Crippen molar-refractivity contribution in [1.29, 1.82) is 0 Å². The lowest BCUT2D eigenvalue weighted by Crippen LogP contribution is -1.90. The zero-order valence-electron chi connectivity index (χ0n) is 14.4. The molecule has 1 N–H and O–H groups in total. The van der Waals surface area contributed by atoms with Crippen LogP contribution in [0, 0.1) is 4.77 Å². The first-order valence-electron chi connectivity index (χ1n) is 8.52. The summed E-state index contributed by atoms with van der Waals surface area (Å²) in [7, 11) is 0. The Morgan fingerprint density at radius 3 is 2.33 bits per heavy atom. The molecule has 0 saturated heterocycles. The minimum Gasteiger partial charge on any atom is -0.457 e. The van der Waals surface area contributed by atoms with Crippen LogP contribution in [0.3, 0.4) is 0 Å². The van der Waals surface area contributed by atoms with Crippen molar-refractivity contribution in [2.75, 3.05) is 0 Å². The van der Waals surface area contributed by atoms with Gasteiger partial charge >= 0.3 is 0 Å². The van der Waals surface area contributed by atoms with Gasteiger partial charge in [-0.05, 0) is 47.6 Å². The first-order chi connectivity index (χ1) is 13.3. The maximum absolute atomic E-state index is 5.86. The average Bonchev–Trinajstić information content (AvgIpc) is 3.09. The Bertz CT molecular complexity index is 1120. The van der Waals surface area contributed by atoms with Crippen LogP contribution in [0.4, 0.5) is 0 Å². The van der Waals surface area contributed by atoms with Gasteiger partial charge in [0, 0.05) is 0 Å². The van der Waals surface area contributed by atoms with Crippen LogP contribution in [-0.4, -0.2) is 15.9 Å². The van der Waals surface area contributed by atoms with Crippen molar-refractivity contribution in [3.8, 4) is 22.8 Å². The van der Waals surface area contributed by atoms with Gasteiger partial charge in [0.1, 0.15) is 11.5 Å². The third-order valence-corrected chi connectivity index (χ3v) is 4.24. The van der Waals surface area contributed by atoms with Crippen molar-refractivity contribution in [2.24, 2.45) is 5.10 Å². The highest BCUT2D eigenvalue weighted by molar-refractivity contribution is 7.71. The first-order valence-corrected chi connectivity index (χ1v) is 8.93. The van der Waals surface area contributed by atoms with Gasteiger partial charge in [0.25, 0.3) is 0 Å². The molecular formula is C22H17N3OS. The van der Waals surface area contributed by atoms with Crippen molar-refractivity contribution in [1.82, 2.24) is 9.66 Å². The molecule has 0 aliphatic rings. The predicted octanol–water partition coefficient (Wildman–Crippen LogP) is 5.89. The van der Waals surface area contributed by atoms with E-state index in [4.69, 9.17) is 17.0 Å². The molecule has 0 atom stereocenters. The molecule has 0 fully saturated rings. The van der Waals surface area contributed by atoms with E-state index >= 15 is 0 Å². The van der Waals surface area contributed by atoms with Crippen molar-refractivity contribution >= 4 is 18.4 Å². The minimum atomic E-state index is 0.543. The number of rotatable bonds is 5. The maximum Gasteiger partial charge on any atom is 0.198 e. The molecule has 0 spiro atoms. The smallest absolute Gasteiger partial charge is 0.198 e. The fraction of sp³-hybridized carbons (Fsp3) is 0. The van der Waals surface area contributed by atoms with E-state index in [0.29, 0.717) is 4.77 Å². The molecule has 0 saturated carbocycles. The quantitative estimate of drug-likeness (QED) is 0.351. The lowest BCUT2D eigenvalue weighted by atomic mass is 10.2. The van der Waals surface area contributed by atoms with Crippen molar-refractivity contribution in [2.45, 2.75) is 0 Å². The molecule has 0 aliphatic heterocycles. The molecule has 27 heavy (non-hydrogen) atoms. The highest BCUT2D eigenvalue weighted by Crippen LogP contribution is 2.21. The van der Waals surface area contributed by atoms with E-state index < -0.39 is 0 Å².